The molecule has 4 rings (SSSR count). The standard InChI is InChI=1S/C21H31N5O2/c1-23-11-13-25(14-12-23)17-26-16-21(22-20(26)28)8-10-24(15-19(21)27)9-7-18-5-3-2-4-6-18/h2-6H,7-17H2,1H3,(H,22,28). The molecule has 28 heavy (non-hydrogen) atoms. The number of carbonyl (C=O) groups is 2. The molecule has 1 N–H and O–H groups in total. The summed E-state index contributed by atoms with van der Waals surface area (Å²) in [6, 6.07) is 10.3. The van der Waals surface area contributed by atoms with Crippen molar-refractivity contribution in [2.45, 2.75) is 18.4 Å². The SMILES string of the molecule is CN1CCN(CN2CC3(CCN(CCc4ccccc4)CC3=O)NC2=O)CC1. The Morgan fingerprint density at radius 2 is 1.75 bits per heavy atom. The summed E-state index contributed by atoms with van der Waals surface area (Å²) in [5.74, 6) is 0.154. The quantitative estimate of drug-likeness (QED) is 0.799. The largest absolute Gasteiger partial charge is 0.324 e. The van der Waals surface area contributed by atoms with Crippen molar-refractivity contribution in [2.75, 3.05) is 66.1 Å². The fourth-order valence-corrected chi connectivity index (χ4v) is 4.41. The van der Waals surface area contributed by atoms with Gasteiger partial charge < -0.3 is 15.1 Å². The lowest BCUT2D eigenvalue weighted by Gasteiger charge is -2.38. The molecule has 3 heterocycles. The minimum atomic E-state index is -0.688. The molecule has 3 aliphatic heterocycles. The fraction of sp³-hybridized carbons (Fsp3) is 0.619. The summed E-state index contributed by atoms with van der Waals surface area (Å²) in [5, 5.41) is 3.04. The van der Waals surface area contributed by atoms with E-state index in [0.717, 1.165) is 45.7 Å². The average Bonchev–Trinajstić information content (AvgIpc) is 3.02. The van der Waals surface area contributed by atoms with Crippen LogP contribution < -0.4 is 5.32 Å². The summed E-state index contributed by atoms with van der Waals surface area (Å²) in [6.07, 6.45) is 1.65. The van der Waals surface area contributed by atoms with Crippen LogP contribution in [0.25, 0.3) is 0 Å². The Balaban J connectivity index is 1.29. The molecule has 7 heteroatoms. The summed E-state index contributed by atoms with van der Waals surface area (Å²) < 4.78 is 0. The number of nitrogens with one attached hydrogen (secondary N) is 1. The van der Waals surface area contributed by atoms with Gasteiger partial charge in [-0.05, 0) is 25.5 Å². The second kappa shape index (κ2) is 8.19. The first-order valence-electron chi connectivity index (χ1n) is 10.3. The molecule has 3 aliphatic rings. The molecule has 1 aromatic rings. The second-order valence-corrected chi connectivity index (χ2v) is 8.46. The third kappa shape index (κ3) is 4.21. The number of hydrogen-bond acceptors (Lipinski definition) is 5. The van der Waals surface area contributed by atoms with Crippen LogP contribution in [0.15, 0.2) is 30.3 Å². The number of urea groups is 1. The van der Waals surface area contributed by atoms with Crippen LogP contribution in [0.3, 0.4) is 0 Å². The van der Waals surface area contributed by atoms with Crippen molar-refractivity contribution in [2.24, 2.45) is 0 Å². The van der Waals surface area contributed by atoms with E-state index in [1.807, 2.05) is 11.0 Å². The summed E-state index contributed by atoms with van der Waals surface area (Å²) in [7, 11) is 2.12. The zero-order chi connectivity index (χ0) is 19.6. The van der Waals surface area contributed by atoms with Crippen LogP contribution in [0.4, 0.5) is 4.79 Å². The molecule has 152 valence electrons. The molecule has 0 radical (unpaired) electrons. The third-order valence-corrected chi connectivity index (χ3v) is 6.38. The number of nitrogens with zero attached hydrogens (tertiary/aromatic N) is 4. The fourth-order valence-electron chi connectivity index (χ4n) is 4.41. The van der Waals surface area contributed by atoms with Crippen LogP contribution in [0.1, 0.15) is 12.0 Å². The summed E-state index contributed by atoms with van der Waals surface area (Å²) in [6.45, 7) is 7.26. The van der Waals surface area contributed by atoms with Gasteiger partial charge in [-0.3, -0.25) is 14.6 Å². The molecule has 1 aromatic carbocycles. The van der Waals surface area contributed by atoms with Crippen LogP contribution in [0, 0.1) is 0 Å². The van der Waals surface area contributed by atoms with Crippen LogP contribution in [0.2, 0.25) is 0 Å². The second-order valence-electron chi connectivity index (χ2n) is 8.46. The molecule has 2 amide bonds. The zero-order valence-electron chi connectivity index (χ0n) is 16.8. The van der Waals surface area contributed by atoms with Crippen molar-refractivity contribution >= 4 is 11.8 Å². The van der Waals surface area contributed by atoms with Gasteiger partial charge in [-0.2, -0.15) is 0 Å². The summed E-state index contributed by atoms with van der Waals surface area (Å²) in [5.41, 5.74) is 0.607. The van der Waals surface area contributed by atoms with Crippen molar-refractivity contribution in [3.8, 4) is 0 Å². The van der Waals surface area contributed by atoms with E-state index >= 15 is 0 Å². The number of benzene rings is 1. The normalized spacial score (nSPS) is 27.5. The molecule has 3 saturated heterocycles. The van der Waals surface area contributed by atoms with Crippen molar-refractivity contribution in [3.05, 3.63) is 35.9 Å². The number of piperidine rings is 1. The summed E-state index contributed by atoms with van der Waals surface area (Å²) >= 11 is 0. The van der Waals surface area contributed by atoms with Gasteiger partial charge >= 0.3 is 6.03 Å². The smallest absolute Gasteiger partial charge is 0.319 e. The van der Waals surface area contributed by atoms with E-state index < -0.39 is 5.54 Å². The van der Waals surface area contributed by atoms with Crippen LogP contribution in [0.5, 0.6) is 0 Å². The van der Waals surface area contributed by atoms with E-state index in [2.05, 4.69) is 51.3 Å². The predicted octanol–water partition coefficient (Wildman–Crippen LogP) is 0.473. The molecule has 1 spiro atoms. The highest BCUT2D eigenvalue weighted by molar-refractivity contribution is 5.97. The van der Waals surface area contributed by atoms with Crippen molar-refractivity contribution in [1.82, 2.24) is 24.9 Å². The first-order valence-corrected chi connectivity index (χ1v) is 10.3. The molecule has 7 nitrogen and oxygen atoms in total. The van der Waals surface area contributed by atoms with E-state index in [4.69, 9.17) is 0 Å². The Morgan fingerprint density at radius 3 is 2.46 bits per heavy atom. The van der Waals surface area contributed by atoms with Crippen LogP contribution >= 0.6 is 0 Å². The maximum atomic E-state index is 13.0. The number of likely N-dealkylation sites (tertiary alicyclic amines) is 1. The van der Waals surface area contributed by atoms with Gasteiger partial charge in [-0.25, -0.2) is 4.79 Å². The maximum absolute atomic E-state index is 13.0. The van der Waals surface area contributed by atoms with Crippen molar-refractivity contribution in [3.63, 3.8) is 0 Å². The number of carbonyl (C=O) groups excluding carboxylic acids is 2. The van der Waals surface area contributed by atoms with Gasteiger partial charge in [0.25, 0.3) is 0 Å². The molecular weight excluding hydrogens is 354 g/mol. The van der Waals surface area contributed by atoms with E-state index in [-0.39, 0.29) is 11.8 Å². The Hall–Kier alpha value is -1.96. The average molecular weight is 386 g/mol. The molecule has 0 saturated carbocycles. The van der Waals surface area contributed by atoms with E-state index in [1.165, 1.54) is 5.56 Å². The predicted molar refractivity (Wildman–Crippen MR) is 108 cm³/mol. The molecule has 3 fully saturated rings. The topological polar surface area (TPSA) is 59.1 Å². The summed E-state index contributed by atoms with van der Waals surface area (Å²) in [4.78, 5) is 34.1. The molecule has 0 aromatic heterocycles. The van der Waals surface area contributed by atoms with E-state index in [9.17, 15) is 9.59 Å². The Morgan fingerprint density at radius 1 is 1.00 bits per heavy atom. The highest BCUT2D eigenvalue weighted by atomic mass is 16.2. The lowest BCUT2D eigenvalue weighted by molar-refractivity contribution is -0.129. The molecule has 0 aliphatic carbocycles. The first-order chi connectivity index (χ1) is 13.5. The molecule has 1 unspecified atom stereocenters. The van der Waals surface area contributed by atoms with Gasteiger partial charge in [0, 0.05) is 39.3 Å². The highest BCUT2D eigenvalue weighted by Crippen LogP contribution is 2.26. The number of Topliss-reactive ketones (excluding diaryl/α,β-unsaturated/α-hetero) is 1. The van der Waals surface area contributed by atoms with E-state index in [1.54, 1.807) is 0 Å². The van der Waals surface area contributed by atoms with Crippen LogP contribution in [-0.4, -0.2) is 103 Å². The maximum Gasteiger partial charge on any atom is 0.319 e. The first kappa shape index (κ1) is 19.4. The van der Waals surface area contributed by atoms with Gasteiger partial charge in [0.1, 0.15) is 5.54 Å². The van der Waals surface area contributed by atoms with Gasteiger partial charge in [-0.1, -0.05) is 30.3 Å². The van der Waals surface area contributed by atoms with Gasteiger partial charge in [0.05, 0.1) is 19.8 Å². The lowest BCUT2D eigenvalue weighted by atomic mass is 9.87. The Bertz CT molecular complexity index is 704. The number of rotatable bonds is 5. The molecular formula is C21H31N5O2. The number of hydrogen-bond donors (Lipinski definition) is 1. The van der Waals surface area contributed by atoms with Crippen molar-refractivity contribution in [1.29, 1.82) is 0 Å². The van der Waals surface area contributed by atoms with Gasteiger partial charge in [0.15, 0.2) is 5.78 Å². The lowest BCUT2D eigenvalue weighted by Crippen LogP contribution is -2.60. The van der Waals surface area contributed by atoms with Crippen molar-refractivity contribution < 1.29 is 9.59 Å². The molecule has 1 atom stereocenters. The minimum Gasteiger partial charge on any atom is -0.324 e. The van der Waals surface area contributed by atoms with E-state index in [0.29, 0.717) is 26.2 Å². The zero-order valence-corrected chi connectivity index (χ0v) is 16.8. The monoisotopic (exact) mass is 385 g/mol. The minimum absolute atomic E-state index is 0.0926. The Kier molecular flexibility index (Phi) is 5.66. The number of piperazine rings is 1. The van der Waals surface area contributed by atoms with Crippen LogP contribution in [-0.2, 0) is 11.2 Å². The van der Waals surface area contributed by atoms with Gasteiger partial charge in [-0.15, -0.1) is 0 Å². The Labute approximate surface area is 167 Å². The van der Waals surface area contributed by atoms with Gasteiger partial charge in [0.2, 0.25) is 0 Å². The molecule has 0 bridgehead atoms. The highest BCUT2D eigenvalue weighted by Gasteiger charge is 2.50. The number of ketones is 1. The number of likely N-dealkylation sites (N-methyl/N-ethyl adjacent to an activating group) is 1. The third-order valence-electron chi connectivity index (χ3n) is 6.38. The number of amides is 2.